The van der Waals surface area contributed by atoms with E-state index in [1.807, 2.05) is 0 Å². The Hall–Kier alpha value is -2.81. The number of halogens is 3. The molecule has 3 rings (SSSR count). The molecule has 30 heavy (non-hydrogen) atoms. The molecular weight excluding hydrogens is 417 g/mol. The molecule has 0 unspecified atom stereocenters. The molecule has 1 aliphatic rings. The summed E-state index contributed by atoms with van der Waals surface area (Å²) in [4.78, 5) is 14.1. The van der Waals surface area contributed by atoms with Crippen LogP contribution in [0.1, 0.15) is 28.8 Å². The van der Waals surface area contributed by atoms with Crippen LogP contribution in [-0.4, -0.2) is 38.9 Å². The van der Waals surface area contributed by atoms with E-state index in [9.17, 15) is 26.4 Å². The average Bonchev–Trinajstić information content (AvgIpc) is 3.26. The van der Waals surface area contributed by atoms with Crippen molar-refractivity contribution in [2.24, 2.45) is 0 Å². The number of rotatable bonds is 6. The van der Waals surface area contributed by atoms with Gasteiger partial charge in [0.25, 0.3) is 15.9 Å². The fraction of sp³-hybridized carbons (Fsp3) is 0.286. The maximum Gasteiger partial charge on any atom is 0.416 e. The van der Waals surface area contributed by atoms with Gasteiger partial charge in [0, 0.05) is 18.7 Å². The molecule has 0 bridgehead atoms. The van der Waals surface area contributed by atoms with Crippen LogP contribution >= 0.6 is 0 Å². The van der Waals surface area contributed by atoms with Crippen molar-refractivity contribution in [2.45, 2.75) is 23.9 Å². The number of sulfonamides is 1. The summed E-state index contributed by atoms with van der Waals surface area (Å²) in [6.45, 7) is 4.51. The summed E-state index contributed by atoms with van der Waals surface area (Å²) >= 11 is 0. The monoisotopic (exact) mass is 438 g/mol. The van der Waals surface area contributed by atoms with E-state index in [4.69, 9.17) is 0 Å². The van der Waals surface area contributed by atoms with E-state index in [0.717, 1.165) is 35.3 Å². The first-order valence-corrected chi connectivity index (χ1v) is 10.8. The Kier molecular flexibility index (Phi) is 6.21. The summed E-state index contributed by atoms with van der Waals surface area (Å²) in [5, 5.41) is 0. The van der Waals surface area contributed by atoms with E-state index in [-0.39, 0.29) is 28.6 Å². The Morgan fingerprint density at radius 1 is 1.10 bits per heavy atom. The zero-order chi connectivity index (χ0) is 21.9. The number of likely N-dealkylation sites (tertiary alicyclic amines) is 1. The maximum absolute atomic E-state index is 13.3. The SMILES string of the molecule is C=CCN(c1cccc(C(F)(F)F)c1)S(=O)(=O)c1cccc(C(=O)N2CCCC2)c1. The molecule has 0 aromatic heterocycles. The molecule has 2 aromatic carbocycles. The van der Waals surface area contributed by atoms with E-state index >= 15 is 0 Å². The predicted molar refractivity (Wildman–Crippen MR) is 108 cm³/mol. The molecule has 0 radical (unpaired) electrons. The molecule has 1 amide bonds. The molecule has 0 atom stereocenters. The molecule has 1 saturated heterocycles. The van der Waals surface area contributed by atoms with Gasteiger partial charge in [-0.25, -0.2) is 8.42 Å². The Balaban J connectivity index is 2.00. The van der Waals surface area contributed by atoms with Crippen LogP contribution in [0.25, 0.3) is 0 Å². The minimum atomic E-state index is -4.61. The van der Waals surface area contributed by atoms with Crippen molar-refractivity contribution >= 4 is 21.6 Å². The van der Waals surface area contributed by atoms with Crippen molar-refractivity contribution < 1.29 is 26.4 Å². The van der Waals surface area contributed by atoms with Crippen LogP contribution in [0.5, 0.6) is 0 Å². The molecule has 9 heteroatoms. The Morgan fingerprint density at radius 2 is 1.77 bits per heavy atom. The van der Waals surface area contributed by atoms with Gasteiger partial charge in [-0.3, -0.25) is 9.10 Å². The topological polar surface area (TPSA) is 57.7 Å². The summed E-state index contributed by atoms with van der Waals surface area (Å²) in [7, 11) is -4.23. The number of amides is 1. The van der Waals surface area contributed by atoms with Crippen LogP contribution in [0.3, 0.4) is 0 Å². The highest BCUT2D eigenvalue weighted by atomic mass is 32.2. The highest BCUT2D eigenvalue weighted by Gasteiger charge is 2.32. The molecule has 1 fully saturated rings. The van der Waals surface area contributed by atoms with Gasteiger partial charge < -0.3 is 4.90 Å². The van der Waals surface area contributed by atoms with Gasteiger partial charge in [0.2, 0.25) is 0 Å². The van der Waals surface area contributed by atoms with Gasteiger partial charge in [0.1, 0.15) is 0 Å². The molecule has 0 spiro atoms. The van der Waals surface area contributed by atoms with E-state index in [1.165, 1.54) is 36.4 Å². The molecule has 5 nitrogen and oxygen atoms in total. The predicted octanol–water partition coefficient (Wildman–Crippen LogP) is 4.32. The third-order valence-electron chi connectivity index (χ3n) is 4.82. The number of hydrogen-bond acceptors (Lipinski definition) is 3. The summed E-state index contributed by atoms with van der Waals surface area (Å²) in [5.41, 5.74) is -0.871. The third-order valence-corrected chi connectivity index (χ3v) is 6.61. The number of alkyl halides is 3. The van der Waals surface area contributed by atoms with Crippen molar-refractivity contribution in [1.82, 2.24) is 4.90 Å². The summed E-state index contributed by atoms with van der Waals surface area (Å²) in [5.74, 6) is -0.265. The minimum Gasteiger partial charge on any atom is -0.339 e. The molecule has 2 aromatic rings. The molecular formula is C21H21F3N2O3S. The Bertz CT molecular complexity index is 1050. The van der Waals surface area contributed by atoms with Crippen molar-refractivity contribution in [3.8, 4) is 0 Å². The van der Waals surface area contributed by atoms with E-state index in [2.05, 4.69) is 6.58 Å². The fourth-order valence-electron chi connectivity index (χ4n) is 3.32. The highest BCUT2D eigenvalue weighted by Crippen LogP contribution is 2.33. The highest BCUT2D eigenvalue weighted by molar-refractivity contribution is 7.92. The number of benzene rings is 2. The van der Waals surface area contributed by atoms with Crippen molar-refractivity contribution in [3.05, 3.63) is 72.3 Å². The van der Waals surface area contributed by atoms with E-state index < -0.39 is 21.8 Å². The van der Waals surface area contributed by atoms with Crippen LogP contribution < -0.4 is 4.31 Å². The molecule has 0 aliphatic carbocycles. The zero-order valence-electron chi connectivity index (χ0n) is 16.1. The van der Waals surface area contributed by atoms with Gasteiger partial charge in [-0.2, -0.15) is 13.2 Å². The summed E-state index contributed by atoms with van der Waals surface area (Å²) < 4.78 is 66.6. The van der Waals surface area contributed by atoms with Crippen LogP contribution in [0, 0.1) is 0 Å². The van der Waals surface area contributed by atoms with Crippen LogP contribution in [-0.2, 0) is 16.2 Å². The molecule has 0 N–H and O–H groups in total. The maximum atomic E-state index is 13.3. The summed E-state index contributed by atoms with van der Waals surface area (Å²) in [6.07, 6.45) is -1.53. The van der Waals surface area contributed by atoms with Gasteiger partial charge in [-0.05, 0) is 49.2 Å². The van der Waals surface area contributed by atoms with E-state index in [0.29, 0.717) is 13.1 Å². The second-order valence-electron chi connectivity index (χ2n) is 6.90. The van der Waals surface area contributed by atoms with Crippen molar-refractivity contribution in [1.29, 1.82) is 0 Å². The van der Waals surface area contributed by atoms with Gasteiger partial charge in [0.05, 0.1) is 22.7 Å². The molecule has 160 valence electrons. The number of anilines is 1. The molecule has 1 aliphatic heterocycles. The van der Waals surface area contributed by atoms with Gasteiger partial charge in [-0.1, -0.05) is 18.2 Å². The second-order valence-corrected chi connectivity index (χ2v) is 8.76. The third kappa shape index (κ3) is 4.51. The van der Waals surface area contributed by atoms with Crippen LogP contribution in [0.15, 0.2) is 66.1 Å². The normalized spacial score (nSPS) is 14.6. The lowest BCUT2D eigenvalue weighted by Gasteiger charge is -2.24. The van der Waals surface area contributed by atoms with Crippen LogP contribution in [0.2, 0.25) is 0 Å². The van der Waals surface area contributed by atoms with Gasteiger partial charge in [-0.15, -0.1) is 6.58 Å². The largest absolute Gasteiger partial charge is 0.416 e. The number of carbonyl (C=O) groups is 1. The first kappa shape index (κ1) is 21.9. The quantitative estimate of drug-likeness (QED) is 0.631. The minimum absolute atomic E-state index is 0.138. The number of nitrogens with zero attached hydrogens (tertiary/aromatic N) is 2. The lowest BCUT2D eigenvalue weighted by Crippen LogP contribution is -2.32. The average molecular weight is 438 g/mol. The second kappa shape index (κ2) is 8.51. The van der Waals surface area contributed by atoms with Crippen LogP contribution in [0.4, 0.5) is 18.9 Å². The fourth-order valence-corrected chi connectivity index (χ4v) is 4.79. The number of carbonyl (C=O) groups excluding carboxylic acids is 1. The van der Waals surface area contributed by atoms with Crippen molar-refractivity contribution in [3.63, 3.8) is 0 Å². The lowest BCUT2D eigenvalue weighted by molar-refractivity contribution is -0.137. The standard InChI is InChI=1S/C21H21F3N2O3S/c1-2-11-26(18-9-6-8-17(15-18)21(22,23)24)30(28,29)19-10-5-7-16(14-19)20(27)25-12-3-4-13-25/h2,5-10,14-15H,1,3-4,11-13H2. The molecule has 0 saturated carbocycles. The number of hydrogen-bond donors (Lipinski definition) is 0. The smallest absolute Gasteiger partial charge is 0.339 e. The van der Waals surface area contributed by atoms with E-state index in [1.54, 1.807) is 4.90 Å². The summed E-state index contributed by atoms with van der Waals surface area (Å²) in [6, 6.07) is 9.65. The first-order valence-electron chi connectivity index (χ1n) is 9.35. The van der Waals surface area contributed by atoms with Crippen molar-refractivity contribution in [2.75, 3.05) is 23.9 Å². The van der Waals surface area contributed by atoms with Gasteiger partial charge >= 0.3 is 6.18 Å². The lowest BCUT2D eigenvalue weighted by atomic mass is 10.2. The van der Waals surface area contributed by atoms with Gasteiger partial charge in [0.15, 0.2) is 0 Å². The Labute approximate surface area is 173 Å². The first-order chi connectivity index (χ1) is 14.1. The Morgan fingerprint density at radius 3 is 2.40 bits per heavy atom. The molecule has 1 heterocycles. The zero-order valence-corrected chi connectivity index (χ0v) is 16.9.